The molecule has 2 fully saturated rings. The Balaban J connectivity index is 1.44. The molecule has 2 atom stereocenters. The van der Waals surface area contributed by atoms with E-state index in [0.29, 0.717) is 71.5 Å². The third kappa shape index (κ3) is 5.16. The SMILES string of the molecule is CCCC1(COc2nc3c4c(nc(-c5cc(O)cc6ccc(F)c(CC)c56)c(F)c4n2)CCC2COCCCN32)CCCN1C. The van der Waals surface area contributed by atoms with Crippen LogP contribution in [0, 0.1) is 11.6 Å². The smallest absolute Gasteiger partial charge is 0.319 e. The van der Waals surface area contributed by atoms with Crippen LogP contribution in [0.1, 0.15) is 63.6 Å². The maximum atomic E-state index is 17.1. The van der Waals surface area contributed by atoms with E-state index < -0.39 is 5.82 Å². The summed E-state index contributed by atoms with van der Waals surface area (Å²) in [5.41, 5.74) is 1.54. The number of aryl methyl sites for hydroxylation is 2. The van der Waals surface area contributed by atoms with Gasteiger partial charge in [-0.1, -0.05) is 26.3 Å². The first-order valence-corrected chi connectivity index (χ1v) is 16.4. The van der Waals surface area contributed by atoms with Crippen molar-refractivity contribution in [3.05, 3.63) is 47.2 Å². The van der Waals surface area contributed by atoms with E-state index in [1.165, 1.54) is 12.1 Å². The summed E-state index contributed by atoms with van der Waals surface area (Å²) in [5, 5.41) is 12.4. The number of benzene rings is 2. The number of phenols is 1. The number of likely N-dealkylation sites (N-methyl/N-ethyl adjacent to an activating group) is 1. The largest absolute Gasteiger partial charge is 0.508 e. The van der Waals surface area contributed by atoms with Crippen LogP contribution < -0.4 is 9.64 Å². The van der Waals surface area contributed by atoms with E-state index in [2.05, 4.69) is 23.8 Å². The van der Waals surface area contributed by atoms with E-state index in [-0.39, 0.29) is 40.4 Å². The van der Waals surface area contributed by atoms with Crippen molar-refractivity contribution >= 4 is 27.5 Å². The van der Waals surface area contributed by atoms with Gasteiger partial charge in [-0.3, -0.25) is 4.90 Å². The normalized spacial score (nSPS) is 22.1. The number of ether oxygens (including phenoxy) is 2. The molecule has 3 aliphatic heterocycles. The molecular weight excluding hydrogens is 576 g/mol. The molecular formula is C35H41F2N5O3. The number of nitrogens with zero attached hydrogens (tertiary/aromatic N) is 5. The number of aromatic hydroxyl groups is 1. The lowest BCUT2D eigenvalue weighted by atomic mass is 9.92. The average Bonchev–Trinajstić information content (AvgIpc) is 3.17. The molecule has 0 amide bonds. The number of anilines is 1. The zero-order valence-electron chi connectivity index (χ0n) is 26.3. The third-order valence-electron chi connectivity index (χ3n) is 10.1. The van der Waals surface area contributed by atoms with Gasteiger partial charge in [0, 0.05) is 18.7 Å². The summed E-state index contributed by atoms with van der Waals surface area (Å²) in [4.78, 5) is 19.2. The minimum atomic E-state index is -0.633. The van der Waals surface area contributed by atoms with Crippen LogP contribution in [0.2, 0.25) is 0 Å². The van der Waals surface area contributed by atoms with Gasteiger partial charge in [0.15, 0.2) is 5.82 Å². The Labute approximate surface area is 262 Å². The standard InChI is InChI=1S/C35H41F2N5O3/c1-4-12-35(13-6-14-41(35)3)20-45-34-39-32-29-27(11-9-22-19-44-16-7-15-42(22)33(29)40-34)38-31(30(32)37)25-18-23(43)17-21-8-10-26(36)24(5-2)28(21)25/h8,10,17-18,22,43H,4-7,9,11-16,19-20H2,1-3H3. The number of rotatable bonds is 7. The molecule has 2 saturated heterocycles. The van der Waals surface area contributed by atoms with E-state index >= 15 is 8.78 Å². The lowest BCUT2D eigenvalue weighted by Crippen LogP contribution is -2.46. The van der Waals surface area contributed by atoms with Gasteiger partial charge in [0.05, 0.1) is 29.3 Å². The molecule has 10 heteroatoms. The Hall–Kier alpha value is -3.63. The molecule has 2 unspecified atom stereocenters. The maximum absolute atomic E-state index is 17.1. The predicted octanol–water partition coefficient (Wildman–Crippen LogP) is 6.58. The summed E-state index contributed by atoms with van der Waals surface area (Å²) in [6.07, 6.45) is 6.69. The molecule has 7 rings (SSSR count). The highest BCUT2D eigenvalue weighted by Crippen LogP contribution is 2.42. The molecule has 2 aromatic heterocycles. The Morgan fingerprint density at radius 2 is 1.96 bits per heavy atom. The maximum Gasteiger partial charge on any atom is 0.319 e. The molecule has 0 saturated carbocycles. The molecule has 0 aliphatic carbocycles. The molecule has 0 radical (unpaired) electrons. The molecule has 8 nitrogen and oxygen atoms in total. The lowest BCUT2D eigenvalue weighted by Gasteiger charge is -2.35. The number of hydrogen-bond donors (Lipinski definition) is 1. The van der Waals surface area contributed by atoms with E-state index in [1.54, 1.807) is 12.1 Å². The number of hydrogen-bond acceptors (Lipinski definition) is 8. The van der Waals surface area contributed by atoms with E-state index in [9.17, 15) is 5.11 Å². The van der Waals surface area contributed by atoms with Crippen LogP contribution in [0.4, 0.5) is 14.6 Å². The number of aromatic nitrogens is 3. The van der Waals surface area contributed by atoms with Gasteiger partial charge in [0.25, 0.3) is 0 Å². The van der Waals surface area contributed by atoms with Gasteiger partial charge in [0.2, 0.25) is 0 Å². The summed E-state index contributed by atoms with van der Waals surface area (Å²) in [6.45, 7) is 7.40. The minimum absolute atomic E-state index is 0.0422. The van der Waals surface area contributed by atoms with Crippen LogP contribution in [0.25, 0.3) is 32.9 Å². The van der Waals surface area contributed by atoms with Crippen LogP contribution in [0.15, 0.2) is 24.3 Å². The van der Waals surface area contributed by atoms with Crippen LogP contribution in [-0.2, 0) is 17.6 Å². The summed E-state index contributed by atoms with van der Waals surface area (Å²) >= 11 is 0. The van der Waals surface area contributed by atoms with Crippen molar-refractivity contribution in [3.8, 4) is 23.0 Å². The fourth-order valence-corrected chi connectivity index (χ4v) is 7.83. The highest BCUT2D eigenvalue weighted by atomic mass is 19.1. The molecule has 4 aromatic rings. The van der Waals surface area contributed by atoms with E-state index in [1.807, 2.05) is 6.92 Å². The third-order valence-corrected chi connectivity index (χ3v) is 10.1. The quantitative estimate of drug-likeness (QED) is 0.249. The van der Waals surface area contributed by atoms with Crippen LogP contribution in [0.3, 0.4) is 0 Å². The molecule has 0 spiro atoms. The second-order valence-electron chi connectivity index (χ2n) is 12.8. The van der Waals surface area contributed by atoms with Gasteiger partial charge in [-0.2, -0.15) is 9.97 Å². The Kier molecular flexibility index (Phi) is 7.98. The van der Waals surface area contributed by atoms with Gasteiger partial charge in [-0.15, -0.1) is 0 Å². The molecule has 0 bridgehead atoms. The molecule has 5 heterocycles. The van der Waals surface area contributed by atoms with Crippen molar-refractivity contribution in [3.63, 3.8) is 0 Å². The van der Waals surface area contributed by atoms with Crippen LogP contribution in [0.5, 0.6) is 11.8 Å². The highest BCUT2D eigenvalue weighted by Gasteiger charge is 2.39. The molecule has 1 N–H and O–H groups in total. The second kappa shape index (κ2) is 11.9. The second-order valence-corrected chi connectivity index (χ2v) is 12.8. The van der Waals surface area contributed by atoms with Gasteiger partial charge in [-0.25, -0.2) is 13.8 Å². The Morgan fingerprint density at radius 3 is 2.73 bits per heavy atom. The van der Waals surface area contributed by atoms with E-state index in [4.69, 9.17) is 24.4 Å². The van der Waals surface area contributed by atoms with Gasteiger partial charge in [-0.05, 0) is 93.1 Å². The monoisotopic (exact) mass is 617 g/mol. The van der Waals surface area contributed by atoms with Crippen molar-refractivity contribution in [2.45, 2.75) is 76.8 Å². The van der Waals surface area contributed by atoms with Crippen molar-refractivity contribution in [2.24, 2.45) is 0 Å². The zero-order chi connectivity index (χ0) is 31.3. The summed E-state index contributed by atoms with van der Waals surface area (Å²) < 4.78 is 44.5. The van der Waals surface area contributed by atoms with Gasteiger partial charge >= 0.3 is 6.01 Å². The molecule has 45 heavy (non-hydrogen) atoms. The van der Waals surface area contributed by atoms with Gasteiger partial charge < -0.3 is 19.5 Å². The van der Waals surface area contributed by atoms with Crippen molar-refractivity contribution in [1.29, 1.82) is 0 Å². The van der Waals surface area contributed by atoms with Crippen LogP contribution >= 0.6 is 0 Å². The molecule has 3 aliphatic rings. The number of pyridine rings is 1. The minimum Gasteiger partial charge on any atom is -0.508 e. The van der Waals surface area contributed by atoms with Crippen molar-refractivity contribution < 1.29 is 23.4 Å². The highest BCUT2D eigenvalue weighted by molar-refractivity contribution is 6.02. The number of phenolic OH excluding ortho intramolecular Hbond substituents is 1. The average molecular weight is 618 g/mol. The number of likely N-dealkylation sites (tertiary alicyclic amines) is 1. The topological polar surface area (TPSA) is 83.8 Å². The Morgan fingerprint density at radius 1 is 1.09 bits per heavy atom. The lowest BCUT2D eigenvalue weighted by molar-refractivity contribution is 0.0828. The van der Waals surface area contributed by atoms with Crippen molar-refractivity contribution in [1.82, 2.24) is 19.9 Å². The molecule has 238 valence electrons. The fraction of sp³-hybridized carbons (Fsp3) is 0.514. The van der Waals surface area contributed by atoms with Crippen LogP contribution in [-0.4, -0.2) is 76.5 Å². The fourth-order valence-electron chi connectivity index (χ4n) is 7.83. The summed E-state index contributed by atoms with van der Waals surface area (Å²) in [5.74, 6) is -0.423. The summed E-state index contributed by atoms with van der Waals surface area (Å²) in [6, 6.07) is 6.24. The Bertz CT molecular complexity index is 1770. The first-order valence-electron chi connectivity index (χ1n) is 16.4. The predicted molar refractivity (Wildman–Crippen MR) is 171 cm³/mol. The van der Waals surface area contributed by atoms with Gasteiger partial charge in [0.1, 0.15) is 35.2 Å². The van der Waals surface area contributed by atoms with Crippen molar-refractivity contribution in [2.75, 3.05) is 44.9 Å². The zero-order valence-corrected chi connectivity index (χ0v) is 26.3. The molecule has 2 aromatic carbocycles. The summed E-state index contributed by atoms with van der Waals surface area (Å²) in [7, 11) is 2.14. The van der Waals surface area contributed by atoms with E-state index in [0.717, 1.165) is 51.6 Å². The number of fused-ring (bicyclic) bond motifs is 3. The first-order chi connectivity index (χ1) is 21.8. The first kappa shape index (κ1) is 30.0. The number of halogens is 2.